The van der Waals surface area contributed by atoms with E-state index in [0.717, 1.165) is 10.9 Å². The van der Waals surface area contributed by atoms with Crippen LogP contribution in [-0.2, 0) is 36.7 Å². The summed E-state index contributed by atoms with van der Waals surface area (Å²) in [4.78, 5) is 48.1. The number of nitrogens with two attached hydrogens (primary N) is 2. The fourth-order valence-corrected chi connectivity index (χ4v) is 7.42. The summed E-state index contributed by atoms with van der Waals surface area (Å²) in [6, 6.07) is 3.19. The highest BCUT2D eigenvalue weighted by molar-refractivity contribution is 7.47. The zero-order valence-corrected chi connectivity index (χ0v) is 24.5. The van der Waals surface area contributed by atoms with Crippen molar-refractivity contribution in [1.29, 1.82) is 0 Å². The van der Waals surface area contributed by atoms with Gasteiger partial charge in [0.25, 0.3) is 5.56 Å². The molecule has 23 heteroatoms. The Balaban J connectivity index is 1.21. The number of nitrogens with zero attached hydrogens (tertiary/aromatic N) is 5. The van der Waals surface area contributed by atoms with Gasteiger partial charge in [0.1, 0.15) is 42.3 Å². The van der Waals surface area contributed by atoms with E-state index in [1.54, 1.807) is 12.1 Å². The quantitative estimate of drug-likeness (QED) is 0.124. The van der Waals surface area contributed by atoms with Gasteiger partial charge in [0.05, 0.1) is 19.5 Å². The molecule has 0 saturated carbocycles. The Labute approximate surface area is 250 Å². The monoisotopic (exact) mass is 672 g/mol. The van der Waals surface area contributed by atoms with Gasteiger partial charge in [0.15, 0.2) is 23.6 Å². The van der Waals surface area contributed by atoms with Crippen molar-refractivity contribution in [2.45, 2.75) is 49.1 Å². The summed E-state index contributed by atoms with van der Waals surface area (Å²) in [5.74, 6) is -0.277. The predicted octanol–water partition coefficient (Wildman–Crippen LogP) is -1.13. The van der Waals surface area contributed by atoms with E-state index in [2.05, 4.69) is 19.9 Å². The van der Waals surface area contributed by atoms with Crippen molar-refractivity contribution in [1.82, 2.24) is 29.1 Å². The Bertz CT molecular complexity index is 1930. The molecule has 4 aromatic rings. The molecule has 2 bridgehead atoms. The number of phosphoric acid groups is 2. The second kappa shape index (κ2) is 10.9. The number of aromatic amines is 1. The summed E-state index contributed by atoms with van der Waals surface area (Å²) in [5, 5.41) is 22.7. The smallest absolute Gasteiger partial charge is 0.398 e. The summed E-state index contributed by atoms with van der Waals surface area (Å²) < 4.78 is 61.4. The zero-order chi connectivity index (χ0) is 31.8. The largest absolute Gasteiger partial charge is 0.472 e. The summed E-state index contributed by atoms with van der Waals surface area (Å²) in [6.45, 7) is -1.60. The summed E-state index contributed by atoms with van der Waals surface area (Å²) >= 11 is 0. The molecular formula is C22H26N8O13P2. The topological polar surface area (TPSA) is 304 Å². The number of nitrogens with one attached hydrogen (secondary N) is 1. The van der Waals surface area contributed by atoms with Crippen LogP contribution in [0.3, 0.4) is 0 Å². The number of H-pyrrole nitrogens is 1. The molecule has 3 aliphatic heterocycles. The van der Waals surface area contributed by atoms with Gasteiger partial charge in [-0.2, -0.15) is 4.98 Å². The van der Waals surface area contributed by atoms with E-state index < -0.39 is 83.5 Å². The van der Waals surface area contributed by atoms with E-state index in [0.29, 0.717) is 16.7 Å². The van der Waals surface area contributed by atoms with Crippen LogP contribution in [0.4, 0.5) is 11.6 Å². The molecule has 9 N–H and O–H groups in total. The van der Waals surface area contributed by atoms with Crippen LogP contribution in [0.2, 0.25) is 0 Å². The number of rotatable bonds is 2. The van der Waals surface area contributed by atoms with Crippen molar-refractivity contribution in [3.8, 4) is 0 Å². The standard InChI is InChI=1S/C22H26N8O13P2/c23-9-1-3-25-17-8(9)2-4-29(17)20-14(32)15-11(41-20)6-39-45(36,37)43-16-13(31)10(5-38-44(34,35)42-15)40-21(16)30-7-26-12-18(30)27-22(24)28-19(12)33/h1-4,7,10-11,13-16,20-21,31-32H,5-6H2,(H2,23,25)(H,34,35)(H,36,37)(H3,24,27,28,33)/t10-,11-,13?,14+,15?,16+,20-,21-/m1/s1. The lowest BCUT2D eigenvalue weighted by atomic mass is 10.1. The van der Waals surface area contributed by atoms with Crippen LogP contribution in [0.1, 0.15) is 12.5 Å². The molecular weight excluding hydrogens is 646 g/mol. The fraction of sp³-hybridized carbons (Fsp3) is 0.455. The molecule has 4 aromatic heterocycles. The minimum atomic E-state index is -5.09. The van der Waals surface area contributed by atoms with Crippen LogP contribution in [0.5, 0.6) is 0 Å². The van der Waals surface area contributed by atoms with Gasteiger partial charge < -0.3 is 45.5 Å². The van der Waals surface area contributed by atoms with Crippen LogP contribution < -0.4 is 17.0 Å². The number of ether oxygens (including phenoxy) is 2. The number of aliphatic hydroxyl groups excluding tert-OH is 2. The normalized spacial score (nSPS) is 37.7. The molecule has 3 fully saturated rings. The Morgan fingerprint density at radius 1 is 0.889 bits per heavy atom. The molecule has 4 unspecified atom stereocenters. The second-order valence-corrected chi connectivity index (χ2v) is 13.2. The number of hydrogen-bond donors (Lipinski definition) is 7. The molecule has 7 heterocycles. The maximum atomic E-state index is 13.2. The SMILES string of the molecule is Nc1nc2c(ncn2[C@@H]2O[C@@H]3COP(=O)(O)OC4[C@@H](COP(=O)(O)O[C@H]2C3O)O[C@@H](n2ccc3c(N)ccnc32)[C@H]4O)c(=O)[nH]1. The highest BCUT2D eigenvalue weighted by Gasteiger charge is 2.53. The average molecular weight is 672 g/mol. The van der Waals surface area contributed by atoms with Crippen molar-refractivity contribution >= 4 is 49.5 Å². The van der Waals surface area contributed by atoms with E-state index in [4.69, 9.17) is 39.0 Å². The number of phosphoric ester groups is 2. The van der Waals surface area contributed by atoms with Gasteiger partial charge in [-0.3, -0.25) is 32.4 Å². The van der Waals surface area contributed by atoms with E-state index >= 15 is 0 Å². The molecule has 45 heavy (non-hydrogen) atoms. The lowest BCUT2D eigenvalue weighted by Crippen LogP contribution is -2.36. The fourth-order valence-electron chi connectivity index (χ4n) is 5.52. The molecule has 3 saturated heterocycles. The van der Waals surface area contributed by atoms with Gasteiger partial charge in [-0.1, -0.05) is 0 Å². The van der Waals surface area contributed by atoms with E-state index in [1.165, 1.54) is 17.0 Å². The first-order valence-electron chi connectivity index (χ1n) is 13.2. The lowest BCUT2D eigenvalue weighted by Gasteiger charge is -2.25. The van der Waals surface area contributed by atoms with E-state index in [9.17, 15) is 33.9 Å². The van der Waals surface area contributed by atoms with Crippen molar-refractivity contribution in [2.75, 3.05) is 24.7 Å². The maximum Gasteiger partial charge on any atom is 0.472 e. The average Bonchev–Trinajstić information content (AvgIpc) is 3.72. The van der Waals surface area contributed by atoms with E-state index in [-0.39, 0.29) is 17.1 Å². The molecule has 0 aromatic carbocycles. The molecule has 21 nitrogen and oxygen atoms in total. The van der Waals surface area contributed by atoms with Crippen LogP contribution >= 0.6 is 15.6 Å². The minimum absolute atomic E-state index is 0.120. The number of imidazole rings is 1. The number of nitrogen functional groups attached to an aromatic ring is 2. The predicted molar refractivity (Wildman–Crippen MR) is 148 cm³/mol. The van der Waals surface area contributed by atoms with Gasteiger partial charge in [-0.25, -0.2) is 19.1 Å². The maximum absolute atomic E-state index is 13.2. The van der Waals surface area contributed by atoms with Crippen molar-refractivity contribution in [3.05, 3.63) is 41.2 Å². The molecule has 242 valence electrons. The number of pyridine rings is 1. The number of fused-ring (bicyclic) bond motifs is 5. The third kappa shape index (κ3) is 5.35. The Hall–Kier alpha value is -3.30. The van der Waals surface area contributed by atoms with Crippen molar-refractivity contribution in [3.63, 3.8) is 0 Å². The second-order valence-electron chi connectivity index (χ2n) is 10.4. The van der Waals surface area contributed by atoms with Gasteiger partial charge in [-0.15, -0.1) is 0 Å². The summed E-state index contributed by atoms with van der Waals surface area (Å²) in [6.07, 6.45) is -8.33. The van der Waals surface area contributed by atoms with Gasteiger partial charge in [0.2, 0.25) is 5.95 Å². The number of aliphatic hydroxyl groups is 2. The number of aromatic nitrogens is 6. The van der Waals surface area contributed by atoms with Crippen LogP contribution in [0.15, 0.2) is 35.6 Å². The minimum Gasteiger partial charge on any atom is -0.398 e. The van der Waals surface area contributed by atoms with Gasteiger partial charge >= 0.3 is 15.6 Å². The molecule has 3 aliphatic rings. The van der Waals surface area contributed by atoms with Crippen LogP contribution in [0, 0.1) is 0 Å². The third-order valence-electron chi connectivity index (χ3n) is 7.58. The summed E-state index contributed by atoms with van der Waals surface area (Å²) in [7, 11) is -10.1. The molecule has 0 aliphatic carbocycles. The van der Waals surface area contributed by atoms with Gasteiger partial charge in [0, 0.05) is 23.5 Å². The number of hydrogen-bond acceptors (Lipinski definition) is 16. The van der Waals surface area contributed by atoms with Crippen LogP contribution in [-0.4, -0.2) is 98.9 Å². The van der Waals surface area contributed by atoms with Crippen LogP contribution in [0.25, 0.3) is 22.2 Å². The Morgan fingerprint density at radius 2 is 1.58 bits per heavy atom. The molecule has 10 atom stereocenters. The highest BCUT2D eigenvalue weighted by atomic mass is 31.2. The first-order valence-corrected chi connectivity index (χ1v) is 16.2. The molecule has 0 spiro atoms. The first-order chi connectivity index (χ1) is 21.3. The van der Waals surface area contributed by atoms with Crippen molar-refractivity contribution in [2.24, 2.45) is 0 Å². The zero-order valence-electron chi connectivity index (χ0n) is 22.7. The molecule has 0 radical (unpaired) electrons. The lowest BCUT2D eigenvalue weighted by molar-refractivity contribution is -0.0671. The first kappa shape index (κ1) is 30.4. The number of anilines is 2. The van der Waals surface area contributed by atoms with Gasteiger partial charge in [-0.05, 0) is 12.1 Å². The highest BCUT2D eigenvalue weighted by Crippen LogP contribution is 2.53. The summed E-state index contributed by atoms with van der Waals surface area (Å²) in [5.41, 5.74) is 11.4. The Kier molecular flexibility index (Phi) is 7.36. The third-order valence-corrected chi connectivity index (χ3v) is 9.55. The van der Waals surface area contributed by atoms with Crippen molar-refractivity contribution < 1.29 is 56.7 Å². The van der Waals surface area contributed by atoms with E-state index in [1.807, 2.05) is 0 Å². The Morgan fingerprint density at radius 3 is 2.33 bits per heavy atom. The molecule has 0 amide bonds. The molecule has 7 rings (SSSR count).